The first-order valence-corrected chi connectivity index (χ1v) is 10.8. The third kappa shape index (κ3) is 3.56. The highest BCUT2D eigenvalue weighted by Crippen LogP contribution is 2.39. The first kappa shape index (κ1) is 18.7. The van der Waals surface area contributed by atoms with Gasteiger partial charge in [-0.3, -0.25) is 4.21 Å². The van der Waals surface area contributed by atoms with Gasteiger partial charge in [0.2, 0.25) is 0 Å². The number of hydrogen-bond acceptors (Lipinski definition) is 3. The van der Waals surface area contributed by atoms with Gasteiger partial charge in [-0.2, -0.15) is 0 Å². The molecule has 1 aliphatic heterocycles. The zero-order valence-corrected chi connectivity index (χ0v) is 17.2. The van der Waals surface area contributed by atoms with Crippen molar-refractivity contribution in [2.24, 2.45) is 5.92 Å². The number of halogens is 1. The lowest BCUT2D eigenvalue weighted by Gasteiger charge is -2.48. The summed E-state index contributed by atoms with van der Waals surface area (Å²) in [6.07, 6.45) is 1.89. The van der Waals surface area contributed by atoms with E-state index in [1.54, 1.807) is 0 Å². The number of pyridine rings is 1. The van der Waals surface area contributed by atoms with Crippen molar-refractivity contribution in [2.45, 2.75) is 51.8 Å². The molecule has 1 aliphatic rings. The highest BCUT2D eigenvalue weighted by molar-refractivity contribution is 7.85. The third-order valence-corrected chi connectivity index (χ3v) is 7.33. The van der Waals surface area contributed by atoms with Gasteiger partial charge in [0, 0.05) is 57.6 Å². The molecule has 3 nitrogen and oxygen atoms in total. The van der Waals surface area contributed by atoms with Gasteiger partial charge in [-0.25, -0.2) is 4.98 Å². The molecule has 1 aromatic carbocycles. The minimum atomic E-state index is -0.739. The van der Waals surface area contributed by atoms with Crippen LogP contribution in [0.4, 0.5) is 5.69 Å². The molecule has 0 radical (unpaired) electrons. The summed E-state index contributed by atoms with van der Waals surface area (Å²) in [7, 11) is -0.739. The van der Waals surface area contributed by atoms with Crippen molar-refractivity contribution < 1.29 is 4.21 Å². The van der Waals surface area contributed by atoms with E-state index in [2.05, 4.69) is 42.8 Å². The molecular weight excluding hydrogens is 352 g/mol. The quantitative estimate of drug-likeness (QED) is 0.687. The first-order chi connectivity index (χ1) is 11.8. The van der Waals surface area contributed by atoms with Crippen LogP contribution in [-0.2, 0) is 10.8 Å². The monoisotopic (exact) mass is 378 g/mol. The molecule has 2 heterocycles. The molecule has 0 N–H and O–H groups in total. The molecule has 0 spiro atoms. The number of hydrogen-bond donors (Lipinski definition) is 0. The number of rotatable bonds is 5. The summed E-state index contributed by atoms with van der Waals surface area (Å²) in [6.45, 7) is 11.7. The lowest BCUT2D eigenvalue weighted by molar-refractivity contribution is 0.344. The van der Waals surface area contributed by atoms with E-state index in [0.717, 1.165) is 17.7 Å². The van der Waals surface area contributed by atoms with E-state index in [1.807, 2.05) is 26.1 Å². The highest BCUT2D eigenvalue weighted by atomic mass is 35.5. The molecule has 0 amide bonds. The second kappa shape index (κ2) is 7.24. The topological polar surface area (TPSA) is 33.2 Å². The molecule has 3 rings (SSSR count). The molecule has 1 aromatic heterocycles. The van der Waals surface area contributed by atoms with Crippen LogP contribution in [0.5, 0.6) is 0 Å². The average Bonchev–Trinajstić information content (AvgIpc) is 2.56. The zero-order chi connectivity index (χ0) is 18.3. The van der Waals surface area contributed by atoms with E-state index in [0.29, 0.717) is 23.0 Å². The van der Waals surface area contributed by atoms with Crippen molar-refractivity contribution in [3.8, 4) is 0 Å². The number of aromatic nitrogens is 1. The molecule has 3 atom stereocenters. The summed E-state index contributed by atoms with van der Waals surface area (Å²) in [5.74, 6) is 1.72. The summed E-state index contributed by atoms with van der Waals surface area (Å²) in [5.41, 5.74) is 2.51. The van der Waals surface area contributed by atoms with Crippen molar-refractivity contribution in [3.05, 3.63) is 35.1 Å². The summed E-state index contributed by atoms with van der Waals surface area (Å²) >= 11 is 6.16. The molecule has 0 bridgehead atoms. The van der Waals surface area contributed by atoms with E-state index in [9.17, 15) is 4.21 Å². The van der Waals surface area contributed by atoms with Gasteiger partial charge in [-0.1, -0.05) is 45.4 Å². The Morgan fingerprint density at radius 3 is 2.60 bits per heavy atom. The van der Waals surface area contributed by atoms with Gasteiger partial charge >= 0.3 is 0 Å². The van der Waals surface area contributed by atoms with Crippen LogP contribution in [0, 0.1) is 5.92 Å². The Hall–Kier alpha value is -1.13. The Kier molecular flexibility index (Phi) is 5.40. The van der Waals surface area contributed by atoms with E-state index in [1.165, 1.54) is 16.6 Å². The Morgan fingerprint density at radius 1 is 1.28 bits per heavy atom. The zero-order valence-electron chi connectivity index (χ0n) is 15.6. The highest BCUT2D eigenvalue weighted by Gasteiger charge is 2.37. The molecular formula is C20H27ClN2OS. The predicted octanol–water partition coefficient (Wildman–Crippen LogP) is 4.99. The van der Waals surface area contributed by atoms with Crippen molar-refractivity contribution in [1.82, 2.24) is 4.98 Å². The second-order valence-corrected chi connectivity index (χ2v) is 10.1. The lowest BCUT2D eigenvalue weighted by atomic mass is 9.89. The average molecular weight is 379 g/mol. The van der Waals surface area contributed by atoms with Crippen molar-refractivity contribution in [3.63, 3.8) is 0 Å². The van der Waals surface area contributed by atoms with Gasteiger partial charge in [0.15, 0.2) is 0 Å². The fourth-order valence-corrected chi connectivity index (χ4v) is 4.92. The number of nitrogens with zero attached hydrogens (tertiary/aromatic N) is 2. The summed E-state index contributed by atoms with van der Waals surface area (Å²) in [5, 5.41) is 3.12. The van der Waals surface area contributed by atoms with Crippen LogP contribution in [0.3, 0.4) is 0 Å². The van der Waals surface area contributed by atoms with E-state index in [-0.39, 0.29) is 5.25 Å². The second-order valence-electron chi connectivity index (χ2n) is 7.63. The number of fused-ring (bicyclic) bond motifs is 1. The van der Waals surface area contributed by atoms with Gasteiger partial charge in [-0.05, 0) is 35.9 Å². The van der Waals surface area contributed by atoms with Crippen LogP contribution in [0.15, 0.2) is 24.4 Å². The molecule has 1 saturated heterocycles. The Morgan fingerprint density at radius 2 is 2.00 bits per heavy atom. The van der Waals surface area contributed by atoms with Gasteiger partial charge in [0.25, 0.3) is 0 Å². The Labute approximate surface area is 158 Å². The smallest absolute Gasteiger partial charge is 0.129 e. The molecule has 5 heteroatoms. The van der Waals surface area contributed by atoms with Crippen LogP contribution < -0.4 is 4.90 Å². The molecule has 0 saturated carbocycles. The van der Waals surface area contributed by atoms with E-state index >= 15 is 0 Å². The normalized spacial score (nSPS) is 21.8. The largest absolute Gasteiger partial charge is 0.368 e. The van der Waals surface area contributed by atoms with Crippen molar-refractivity contribution >= 4 is 38.9 Å². The van der Waals surface area contributed by atoms with Crippen LogP contribution in [0.2, 0.25) is 5.15 Å². The fraction of sp³-hybridized carbons (Fsp3) is 0.550. The number of anilines is 1. The van der Waals surface area contributed by atoms with Gasteiger partial charge in [-0.15, -0.1) is 0 Å². The van der Waals surface area contributed by atoms with Crippen LogP contribution in [-0.4, -0.2) is 32.8 Å². The summed E-state index contributed by atoms with van der Waals surface area (Å²) in [6, 6.07) is 6.79. The van der Waals surface area contributed by atoms with E-state index < -0.39 is 10.8 Å². The van der Waals surface area contributed by atoms with Crippen LogP contribution in [0.25, 0.3) is 10.8 Å². The fourth-order valence-electron chi connectivity index (χ4n) is 3.58. The van der Waals surface area contributed by atoms with Gasteiger partial charge in [0.1, 0.15) is 5.15 Å². The van der Waals surface area contributed by atoms with Crippen LogP contribution in [0.1, 0.15) is 46.1 Å². The van der Waals surface area contributed by atoms with Gasteiger partial charge in [0.05, 0.1) is 0 Å². The molecule has 2 aromatic rings. The maximum atomic E-state index is 12.2. The maximum Gasteiger partial charge on any atom is 0.129 e. The minimum Gasteiger partial charge on any atom is -0.368 e. The molecule has 136 valence electrons. The van der Waals surface area contributed by atoms with Crippen molar-refractivity contribution in [2.75, 3.05) is 17.2 Å². The predicted molar refractivity (Wildman–Crippen MR) is 109 cm³/mol. The lowest BCUT2D eigenvalue weighted by Crippen LogP contribution is -2.57. The van der Waals surface area contributed by atoms with E-state index in [4.69, 9.17) is 11.6 Å². The maximum absolute atomic E-state index is 12.2. The van der Waals surface area contributed by atoms with Gasteiger partial charge < -0.3 is 4.90 Å². The standard InChI is InChI=1S/C20H27ClN2OS/c1-12(2)16-6-7-19(18-9-22-20(21)8-17(16)18)23-10-15(14(23)5)11-25(24)13(3)4/h6-9,12-15H,10-11H2,1-5H3/t14-,15-,25+/m1/s1. The Bertz CT molecular complexity index is 806. The first-order valence-electron chi connectivity index (χ1n) is 9.01. The third-order valence-electron chi connectivity index (χ3n) is 5.32. The summed E-state index contributed by atoms with van der Waals surface area (Å²) in [4.78, 5) is 6.72. The minimum absolute atomic E-state index is 0.235. The molecule has 0 aliphatic carbocycles. The number of benzene rings is 1. The molecule has 1 fully saturated rings. The Balaban J connectivity index is 1.91. The molecule has 25 heavy (non-hydrogen) atoms. The SMILES string of the molecule is CC(C)c1ccc(N2C[C@H](C[S@](=O)C(C)C)[C@H]2C)c2cnc(Cl)cc12. The summed E-state index contributed by atoms with van der Waals surface area (Å²) < 4.78 is 12.2. The van der Waals surface area contributed by atoms with Crippen molar-refractivity contribution in [1.29, 1.82) is 0 Å². The molecule has 0 unspecified atom stereocenters. The van der Waals surface area contributed by atoms with Crippen LogP contribution >= 0.6 is 11.6 Å².